The average Bonchev–Trinajstić information content (AvgIpc) is 2.40. The smallest absolute Gasteiger partial charge is 0.411 e. The molecule has 1 fully saturated rings. The van der Waals surface area contributed by atoms with E-state index in [1.807, 2.05) is 0 Å². The molecule has 0 aromatic heterocycles. The van der Waals surface area contributed by atoms with Crippen LogP contribution in [0.3, 0.4) is 0 Å². The topological polar surface area (TPSA) is 50.4 Å². The molecule has 1 amide bonds. The van der Waals surface area contributed by atoms with Gasteiger partial charge in [-0.05, 0) is 43.7 Å². The second kappa shape index (κ2) is 6.35. The Morgan fingerprint density at radius 2 is 2.17 bits per heavy atom. The summed E-state index contributed by atoms with van der Waals surface area (Å²) in [4.78, 5) is 11.5. The summed E-state index contributed by atoms with van der Waals surface area (Å²) < 4.78 is 17.8. The molecule has 0 spiro atoms. The molecule has 18 heavy (non-hydrogen) atoms. The Bertz CT molecular complexity index is 388. The van der Waals surface area contributed by atoms with Crippen LogP contribution in [0.5, 0.6) is 0 Å². The summed E-state index contributed by atoms with van der Waals surface area (Å²) in [5.74, 6) is -0.333. The van der Waals surface area contributed by atoms with Crippen LogP contribution in [0.25, 0.3) is 0 Å². The number of carbonyl (C=O) groups excluding carboxylic acids is 1. The maximum Gasteiger partial charge on any atom is 0.411 e. The van der Waals surface area contributed by atoms with E-state index in [0.29, 0.717) is 12.3 Å². The van der Waals surface area contributed by atoms with Crippen molar-refractivity contribution in [2.24, 2.45) is 0 Å². The molecule has 0 radical (unpaired) electrons. The fourth-order valence-electron chi connectivity index (χ4n) is 1.93. The number of nitrogens with one attached hydrogen (secondary N) is 2. The van der Waals surface area contributed by atoms with Crippen LogP contribution in [-0.4, -0.2) is 25.3 Å². The van der Waals surface area contributed by atoms with E-state index >= 15 is 0 Å². The molecule has 0 aliphatic carbocycles. The number of benzene rings is 1. The minimum absolute atomic E-state index is 0.248. The van der Waals surface area contributed by atoms with Gasteiger partial charge in [0.25, 0.3) is 0 Å². The SMILES string of the molecule is O=C(Nc1ccc(F)cc1)OCC1CCCCN1. The van der Waals surface area contributed by atoms with Gasteiger partial charge in [-0.1, -0.05) is 6.42 Å². The normalized spacial score (nSPS) is 19.3. The zero-order valence-electron chi connectivity index (χ0n) is 10.1. The number of halogens is 1. The number of hydrogen-bond donors (Lipinski definition) is 2. The first-order valence-electron chi connectivity index (χ1n) is 6.17. The molecule has 1 aromatic carbocycles. The van der Waals surface area contributed by atoms with Crippen molar-refractivity contribution in [3.63, 3.8) is 0 Å². The Morgan fingerprint density at radius 1 is 1.39 bits per heavy atom. The van der Waals surface area contributed by atoms with Crippen molar-refractivity contribution in [1.82, 2.24) is 5.32 Å². The van der Waals surface area contributed by atoms with Gasteiger partial charge in [0.1, 0.15) is 12.4 Å². The summed E-state index contributed by atoms with van der Waals surface area (Å²) in [5.41, 5.74) is 0.526. The standard InChI is InChI=1S/C13H17FN2O2/c14-10-4-6-11(7-5-10)16-13(17)18-9-12-3-1-2-8-15-12/h4-7,12,15H,1-3,8-9H2,(H,16,17). The number of ether oxygens (including phenoxy) is 1. The van der Waals surface area contributed by atoms with Crippen molar-refractivity contribution < 1.29 is 13.9 Å². The van der Waals surface area contributed by atoms with Gasteiger partial charge in [-0.25, -0.2) is 9.18 Å². The van der Waals surface area contributed by atoms with Crippen molar-refractivity contribution in [1.29, 1.82) is 0 Å². The largest absolute Gasteiger partial charge is 0.448 e. The molecule has 0 saturated carbocycles. The number of piperidine rings is 1. The number of hydrogen-bond acceptors (Lipinski definition) is 3. The Kier molecular flexibility index (Phi) is 4.52. The zero-order chi connectivity index (χ0) is 12.8. The first kappa shape index (κ1) is 12.8. The summed E-state index contributed by atoms with van der Waals surface area (Å²) in [7, 11) is 0. The molecule has 2 N–H and O–H groups in total. The van der Waals surface area contributed by atoms with Gasteiger partial charge in [0.05, 0.1) is 0 Å². The third-order valence-electron chi connectivity index (χ3n) is 2.92. The predicted molar refractivity (Wildman–Crippen MR) is 67.0 cm³/mol. The molecular weight excluding hydrogens is 235 g/mol. The van der Waals surface area contributed by atoms with Crippen molar-refractivity contribution in [3.05, 3.63) is 30.1 Å². The molecule has 1 unspecified atom stereocenters. The van der Waals surface area contributed by atoms with Gasteiger partial charge >= 0.3 is 6.09 Å². The van der Waals surface area contributed by atoms with Crippen LogP contribution >= 0.6 is 0 Å². The van der Waals surface area contributed by atoms with Gasteiger partial charge in [0, 0.05) is 11.7 Å². The Morgan fingerprint density at radius 3 is 2.83 bits per heavy atom. The lowest BCUT2D eigenvalue weighted by atomic mass is 10.1. The van der Waals surface area contributed by atoms with E-state index in [4.69, 9.17) is 4.74 Å². The molecule has 98 valence electrons. The van der Waals surface area contributed by atoms with Gasteiger partial charge < -0.3 is 10.1 Å². The van der Waals surface area contributed by atoms with Crippen LogP contribution in [0.15, 0.2) is 24.3 Å². The summed E-state index contributed by atoms with van der Waals surface area (Å²) in [6.45, 7) is 1.35. The number of rotatable bonds is 3. The summed E-state index contributed by atoms with van der Waals surface area (Å²) in [6, 6.07) is 5.82. The van der Waals surface area contributed by atoms with Crippen LogP contribution < -0.4 is 10.6 Å². The monoisotopic (exact) mass is 252 g/mol. The second-order valence-corrected chi connectivity index (χ2v) is 4.38. The van der Waals surface area contributed by atoms with E-state index in [1.54, 1.807) is 0 Å². The highest BCUT2D eigenvalue weighted by Crippen LogP contribution is 2.10. The zero-order valence-corrected chi connectivity index (χ0v) is 10.1. The number of amides is 1. The van der Waals surface area contributed by atoms with E-state index in [9.17, 15) is 9.18 Å². The van der Waals surface area contributed by atoms with Gasteiger partial charge in [0.2, 0.25) is 0 Å². The van der Waals surface area contributed by atoms with E-state index in [0.717, 1.165) is 13.0 Å². The van der Waals surface area contributed by atoms with Crippen LogP contribution in [0, 0.1) is 5.82 Å². The fraction of sp³-hybridized carbons (Fsp3) is 0.462. The highest BCUT2D eigenvalue weighted by Gasteiger charge is 2.14. The highest BCUT2D eigenvalue weighted by atomic mass is 19.1. The average molecular weight is 252 g/mol. The lowest BCUT2D eigenvalue weighted by molar-refractivity contribution is 0.141. The molecule has 1 aliphatic rings. The third-order valence-corrected chi connectivity index (χ3v) is 2.92. The van der Waals surface area contributed by atoms with Gasteiger partial charge in [-0.3, -0.25) is 5.32 Å². The molecule has 0 bridgehead atoms. The molecule has 1 aliphatic heterocycles. The fourth-order valence-corrected chi connectivity index (χ4v) is 1.93. The maximum atomic E-state index is 12.7. The summed E-state index contributed by atoms with van der Waals surface area (Å²) >= 11 is 0. The predicted octanol–water partition coefficient (Wildman–Crippen LogP) is 2.52. The van der Waals surface area contributed by atoms with Crippen molar-refractivity contribution in [2.75, 3.05) is 18.5 Å². The van der Waals surface area contributed by atoms with Gasteiger partial charge in [-0.15, -0.1) is 0 Å². The molecule has 2 rings (SSSR count). The Balaban J connectivity index is 1.73. The quantitative estimate of drug-likeness (QED) is 0.869. The van der Waals surface area contributed by atoms with E-state index in [-0.39, 0.29) is 11.9 Å². The molecule has 1 saturated heterocycles. The van der Waals surface area contributed by atoms with E-state index in [2.05, 4.69) is 10.6 Å². The summed E-state index contributed by atoms with van der Waals surface area (Å²) in [6.07, 6.45) is 2.87. The van der Waals surface area contributed by atoms with Crippen LogP contribution in [0.1, 0.15) is 19.3 Å². The van der Waals surface area contributed by atoms with E-state index < -0.39 is 6.09 Å². The number of anilines is 1. The van der Waals surface area contributed by atoms with Crippen LogP contribution in [0.2, 0.25) is 0 Å². The summed E-state index contributed by atoms with van der Waals surface area (Å²) in [5, 5.41) is 5.84. The first-order valence-corrected chi connectivity index (χ1v) is 6.17. The van der Waals surface area contributed by atoms with Gasteiger partial charge in [-0.2, -0.15) is 0 Å². The highest BCUT2D eigenvalue weighted by molar-refractivity contribution is 5.84. The minimum Gasteiger partial charge on any atom is -0.448 e. The molecule has 1 heterocycles. The van der Waals surface area contributed by atoms with Crippen molar-refractivity contribution in [2.45, 2.75) is 25.3 Å². The maximum absolute atomic E-state index is 12.7. The van der Waals surface area contributed by atoms with Crippen molar-refractivity contribution in [3.8, 4) is 0 Å². The lowest BCUT2D eigenvalue weighted by Crippen LogP contribution is -2.38. The molecular formula is C13H17FN2O2. The second-order valence-electron chi connectivity index (χ2n) is 4.38. The van der Waals surface area contributed by atoms with Crippen LogP contribution in [-0.2, 0) is 4.74 Å². The van der Waals surface area contributed by atoms with E-state index in [1.165, 1.54) is 37.1 Å². The third kappa shape index (κ3) is 4.00. The molecule has 1 aromatic rings. The number of carbonyl (C=O) groups is 1. The minimum atomic E-state index is -0.506. The first-order chi connectivity index (χ1) is 8.74. The van der Waals surface area contributed by atoms with Crippen molar-refractivity contribution >= 4 is 11.8 Å². The van der Waals surface area contributed by atoms with Crippen LogP contribution in [0.4, 0.5) is 14.9 Å². The Labute approximate surface area is 106 Å². The lowest BCUT2D eigenvalue weighted by Gasteiger charge is -2.22. The van der Waals surface area contributed by atoms with Gasteiger partial charge in [0.15, 0.2) is 0 Å². The molecule has 1 atom stereocenters. The molecule has 5 heteroatoms. The Hall–Kier alpha value is -1.62. The molecule has 4 nitrogen and oxygen atoms in total.